The van der Waals surface area contributed by atoms with Crippen molar-refractivity contribution in [3.63, 3.8) is 0 Å². The summed E-state index contributed by atoms with van der Waals surface area (Å²) in [5.41, 5.74) is 2.65. The Hall–Kier alpha value is -1.30. The van der Waals surface area contributed by atoms with Crippen LogP contribution in [-0.4, -0.2) is 24.0 Å². The molecule has 0 aromatic heterocycles. The van der Waals surface area contributed by atoms with E-state index in [1.165, 1.54) is 11.1 Å². The highest BCUT2D eigenvalue weighted by atomic mass is 15.1. The highest BCUT2D eigenvalue weighted by Gasteiger charge is 2.02. The average Bonchev–Trinajstić information content (AvgIpc) is 2.37. The van der Waals surface area contributed by atoms with E-state index < -0.39 is 0 Å². The summed E-state index contributed by atoms with van der Waals surface area (Å²) >= 11 is 0. The van der Waals surface area contributed by atoms with Crippen molar-refractivity contribution < 1.29 is 0 Å². The molecule has 98 valence electrons. The lowest BCUT2D eigenvalue weighted by Crippen LogP contribution is -2.23. The Morgan fingerprint density at radius 1 is 1.22 bits per heavy atom. The maximum Gasteiger partial charge on any atom is 0.0601 e. The SMILES string of the molecule is C#CCN(CC)Cc1ccc(CNC(C)C)cc1. The molecule has 0 unspecified atom stereocenters. The molecule has 1 N–H and O–H groups in total. The maximum absolute atomic E-state index is 5.35. The van der Waals surface area contributed by atoms with Gasteiger partial charge in [-0.1, -0.05) is 51.0 Å². The predicted octanol–water partition coefficient (Wildman–Crippen LogP) is 2.64. The Morgan fingerprint density at radius 2 is 1.83 bits per heavy atom. The van der Waals surface area contributed by atoms with E-state index in [0.717, 1.165) is 19.6 Å². The lowest BCUT2D eigenvalue weighted by atomic mass is 10.1. The van der Waals surface area contributed by atoms with Gasteiger partial charge >= 0.3 is 0 Å². The van der Waals surface area contributed by atoms with Crippen LogP contribution in [0.15, 0.2) is 24.3 Å². The number of nitrogens with one attached hydrogen (secondary N) is 1. The molecule has 0 spiro atoms. The van der Waals surface area contributed by atoms with Crippen LogP contribution in [0.2, 0.25) is 0 Å². The Balaban J connectivity index is 2.52. The summed E-state index contributed by atoms with van der Waals surface area (Å²) in [6, 6.07) is 9.28. The van der Waals surface area contributed by atoms with Gasteiger partial charge in [0.1, 0.15) is 0 Å². The molecule has 1 rings (SSSR count). The topological polar surface area (TPSA) is 15.3 Å². The molecule has 0 heterocycles. The highest BCUT2D eigenvalue weighted by Crippen LogP contribution is 2.07. The van der Waals surface area contributed by atoms with Crippen LogP contribution in [0.1, 0.15) is 31.9 Å². The Bertz CT molecular complexity index is 373. The molecule has 0 bridgehead atoms. The summed E-state index contributed by atoms with van der Waals surface area (Å²) in [4.78, 5) is 2.25. The first-order chi connectivity index (χ1) is 8.65. The molecule has 0 radical (unpaired) electrons. The van der Waals surface area contributed by atoms with Gasteiger partial charge in [-0.25, -0.2) is 0 Å². The van der Waals surface area contributed by atoms with E-state index in [2.05, 4.69) is 61.2 Å². The Morgan fingerprint density at radius 3 is 2.33 bits per heavy atom. The van der Waals surface area contributed by atoms with E-state index >= 15 is 0 Å². The second-order valence-electron chi connectivity index (χ2n) is 4.86. The second-order valence-corrected chi connectivity index (χ2v) is 4.86. The lowest BCUT2D eigenvalue weighted by Gasteiger charge is -2.17. The van der Waals surface area contributed by atoms with Crippen molar-refractivity contribution in [2.24, 2.45) is 0 Å². The standard InChI is InChI=1S/C16H24N2/c1-5-11-18(6-2)13-16-9-7-15(8-10-16)12-17-14(3)4/h1,7-10,14,17H,6,11-13H2,2-4H3. The van der Waals surface area contributed by atoms with Gasteiger partial charge in [0.05, 0.1) is 6.54 Å². The number of nitrogens with zero attached hydrogens (tertiary/aromatic N) is 1. The molecule has 0 fully saturated rings. The van der Waals surface area contributed by atoms with Crippen LogP contribution >= 0.6 is 0 Å². The zero-order valence-electron chi connectivity index (χ0n) is 11.7. The average molecular weight is 244 g/mol. The van der Waals surface area contributed by atoms with Gasteiger partial charge in [0.15, 0.2) is 0 Å². The zero-order chi connectivity index (χ0) is 13.4. The van der Waals surface area contributed by atoms with Gasteiger partial charge in [-0.2, -0.15) is 0 Å². The summed E-state index contributed by atoms with van der Waals surface area (Å²) in [5.74, 6) is 2.70. The van der Waals surface area contributed by atoms with Gasteiger partial charge < -0.3 is 5.32 Å². The van der Waals surface area contributed by atoms with E-state index in [1.807, 2.05) is 0 Å². The largest absolute Gasteiger partial charge is 0.310 e. The van der Waals surface area contributed by atoms with E-state index in [1.54, 1.807) is 0 Å². The van der Waals surface area contributed by atoms with Crippen LogP contribution in [0.5, 0.6) is 0 Å². The molecule has 2 nitrogen and oxygen atoms in total. The predicted molar refractivity (Wildman–Crippen MR) is 78.2 cm³/mol. The molecule has 0 amide bonds. The van der Waals surface area contributed by atoms with E-state index in [0.29, 0.717) is 12.6 Å². The van der Waals surface area contributed by atoms with E-state index in [4.69, 9.17) is 6.42 Å². The van der Waals surface area contributed by atoms with Crippen molar-refractivity contribution in [2.75, 3.05) is 13.1 Å². The quantitative estimate of drug-likeness (QED) is 0.742. The first-order valence-electron chi connectivity index (χ1n) is 6.62. The normalized spacial score (nSPS) is 10.9. The van der Waals surface area contributed by atoms with Crippen molar-refractivity contribution in [3.8, 4) is 12.3 Å². The third-order valence-electron chi connectivity index (χ3n) is 2.91. The minimum Gasteiger partial charge on any atom is -0.310 e. The molecule has 0 aliphatic carbocycles. The fourth-order valence-electron chi connectivity index (χ4n) is 1.75. The molecule has 0 aliphatic rings. The van der Waals surface area contributed by atoms with Crippen molar-refractivity contribution in [1.82, 2.24) is 10.2 Å². The van der Waals surface area contributed by atoms with Crippen LogP contribution in [0.3, 0.4) is 0 Å². The monoisotopic (exact) mass is 244 g/mol. The molecule has 0 saturated heterocycles. The summed E-state index contributed by atoms with van der Waals surface area (Å²) in [6.07, 6.45) is 5.35. The summed E-state index contributed by atoms with van der Waals surface area (Å²) in [6.45, 7) is 10.0. The number of terminal acetylenes is 1. The molecule has 0 atom stereocenters. The minimum atomic E-state index is 0.524. The summed E-state index contributed by atoms with van der Waals surface area (Å²) in [5, 5.41) is 3.42. The molecule has 18 heavy (non-hydrogen) atoms. The number of benzene rings is 1. The molecular formula is C16H24N2. The van der Waals surface area contributed by atoms with Gasteiger partial charge in [0.25, 0.3) is 0 Å². The van der Waals surface area contributed by atoms with Crippen LogP contribution in [0.25, 0.3) is 0 Å². The van der Waals surface area contributed by atoms with Crippen LogP contribution in [0.4, 0.5) is 0 Å². The molecular weight excluding hydrogens is 220 g/mol. The second kappa shape index (κ2) is 7.92. The smallest absolute Gasteiger partial charge is 0.0601 e. The molecule has 1 aromatic carbocycles. The van der Waals surface area contributed by atoms with E-state index in [-0.39, 0.29) is 0 Å². The Labute approximate surface area is 111 Å². The van der Waals surface area contributed by atoms with Crippen molar-refractivity contribution >= 4 is 0 Å². The van der Waals surface area contributed by atoms with Crippen molar-refractivity contribution in [1.29, 1.82) is 0 Å². The Kier molecular flexibility index (Phi) is 6.49. The van der Waals surface area contributed by atoms with Crippen molar-refractivity contribution in [3.05, 3.63) is 35.4 Å². The molecule has 2 heteroatoms. The highest BCUT2D eigenvalue weighted by molar-refractivity contribution is 5.22. The number of hydrogen-bond acceptors (Lipinski definition) is 2. The number of hydrogen-bond donors (Lipinski definition) is 1. The fourth-order valence-corrected chi connectivity index (χ4v) is 1.75. The zero-order valence-corrected chi connectivity index (χ0v) is 11.7. The molecule has 0 aliphatic heterocycles. The third kappa shape index (κ3) is 5.35. The van der Waals surface area contributed by atoms with Crippen LogP contribution < -0.4 is 5.32 Å². The van der Waals surface area contributed by atoms with E-state index in [9.17, 15) is 0 Å². The summed E-state index contributed by atoms with van der Waals surface area (Å²) < 4.78 is 0. The third-order valence-corrected chi connectivity index (χ3v) is 2.91. The maximum atomic E-state index is 5.35. The fraction of sp³-hybridized carbons (Fsp3) is 0.500. The van der Waals surface area contributed by atoms with Gasteiger partial charge in [0.2, 0.25) is 0 Å². The number of rotatable bonds is 7. The summed E-state index contributed by atoms with van der Waals surface area (Å²) in [7, 11) is 0. The first kappa shape index (κ1) is 14.8. The van der Waals surface area contributed by atoms with Crippen molar-refractivity contribution in [2.45, 2.75) is 39.9 Å². The lowest BCUT2D eigenvalue weighted by molar-refractivity contribution is 0.316. The van der Waals surface area contributed by atoms with Gasteiger partial charge in [0, 0.05) is 19.1 Å². The molecule has 0 saturated carbocycles. The minimum absolute atomic E-state index is 0.524. The first-order valence-corrected chi connectivity index (χ1v) is 6.62. The van der Waals surface area contributed by atoms with Crippen LogP contribution in [-0.2, 0) is 13.1 Å². The van der Waals surface area contributed by atoms with Gasteiger partial charge in [-0.3, -0.25) is 4.90 Å². The van der Waals surface area contributed by atoms with Crippen LogP contribution in [0, 0.1) is 12.3 Å². The molecule has 1 aromatic rings. The van der Waals surface area contributed by atoms with Gasteiger partial charge in [-0.15, -0.1) is 6.42 Å². The van der Waals surface area contributed by atoms with Gasteiger partial charge in [-0.05, 0) is 17.7 Å².